The highest BCUT2D eigenvalue weighted by Crippen LogP contribution is 2.47. The summed E-state index contributed by atoms with van der Waals surface area (Å²) in [6.07, 6.45) is 7.10. The predicted octanol–water partition coefficient (Wildman–Crippen LogP) is 6.00. The summed E-state index contributed by atoms with van der Waals surface area (Å²) >= 11 is 6.40. The van der Waals surface area contributed by atoms with E-state index in [1.54, 1.807) is 7.11 Å². The Labute approximate surface area is 225 Å². The van der Waals surface area contributed by atoms with Gasteiger partial charge in [0.05, 0.1) is 31.6 Å². The number of hydrogen-bond donors (Lipinski definition) is 1. The predicted molar refractivity (Wildman–Crippen MR) is 147 cm³/mol. The van der Waals surface area contributed by atoms with Crippen LogP contribution in [-0.4, -0.2) is 50.7 Å². The summed E-state index contributed by atoms with van der Waals surface area (Å²) < 4.78 is 18.2. The molecule has 6 rings (SSSR count). The van der Waals surface area contributed by atoms with Gasteiger partial charge in [0, 0.05) is 35.7 Å². The van der Waals surface area contributed by atoms with Crippen LogP contribution in [0.15, 0.2) is 43.0 Å². The van der Waals surface area contributed by atoms with E-state index in [0.717, 1.165) is 67.2 Å². The summed E-state index contributed by atoms with van der Waals surface area (Å²) in [6, 6.07) is 12.7. The van der Waals surface area contributed by atoms with Crippen molar-refractivity contribution in [1.29, 1.82) is 0 Å². The molecule has 2 heterocycles. The van der Waals surface area contributed by atoms with Gasteiger partial charge in [-0.2, -0.15) is 0 Å². The molecular weight excluding hydrogens is 486 g/mol. The summed E-state index contributed by atoms with van der Waals surface area (Å²) in [5.41, 5.74) is 4.74. The Morgan fingerprint density at radius 3 is 2.89 bits per heavy atom. The molecule has 5 atom stereocenters. The van der Waals surface area contributed by atoms with Gasteiger partial charge in [0.2, 0.25) is 0 Å². The van der Waals surface area contributed by atoms with Crippen molar-refractivity contribution in [3.05, 3.63) is 64.7 Å². The smallest absolute Gasteiger partial charge is 0.142 e. The van der Waals surface area contributed by atoms with E-state index in [2.05, 4.69) is 35.7 Å². The van der Waals surface area contributed by atoms with Crippen LogP contribution in [0.5, 0.6) is 5.75 Å². The number of aliphatic hydroxyl groups excluding tert-OH is 1. The van der Waals surface area contributed by atoms with E-state index in [1.165, 1.54) is 24.0 Å². The Morgan fingerprint density at radius 1 is 1.22 bits per heavy atom. The average molecular weight is 524 g/mol. The Kier molecular flexibility index (Phi) is 6.89. The van der Waals surface area contributed by atoms with E-state index < -0.39 is 0 Å². The number of fused-ring (bicyclic) bond motifs is 3. The molecule has 0 aromatic heterocycles. The second-order valence-corrected chi connectivity index (χ2v) is 11.9. The molecular formula is C31H38ClNO4. The summed E-state index contributed by atoms with van der Waals surface area (Å²) in [5.74, 6) is 2.60. The van der Waals surface area contributed by atoms with Crippen LogP contribution in [0.2, 0.25) is 5.02 Å². The summed E-state index contributed by atoms with van der Waals surface area (Å²) in [6.45, 7) is 7.26. The first-order valence-electron chi connectivity index (χ1n) is 13.8. The van der Waals surface area contributed by atoms with Gasteiger partial charge in [0.1, 0.15) is 11.5 Å². The van der Waals surface area contributed by atoms with Crippen LogP contribution in [0.4, 0.5) is 5.69 Å². The first-order chi connectivity index (χ1) is 18.0. The molecule has 5 nitrogen and oxygen atoms in total. The molecule has 0 amide bonds. The van der Waals surface area contributed by atoms with Crippen LogP contribution in [0.1, 0.15) is 55.2 Å². The van der Waals surface area contributed by atoms with Crippen LogP contribution in [0.25, 0.3) is 5.76 Å². The Hall–Kier alpha value is -2.21. The third kappa shape index (κ3) is 4.75. The average Bonchev–Trinajstić information content (AvgIpc) is 3.03. The van der Waals surface area contributed by atoms with E-state index >= 15 is 0 Å². The molecule has 1 spiro atoms. The third-order valence-electron chi connectivity index (χ3n) is 9.30. The second kappa shape index (κ2) is 10.2. The van der Waals surface area contributed by atoms with Crippen molar-refractivity contribution in [2.75, 3.05) is 38.3 Å². The molecule has 2 aliphatic carbocycles. The molecule has 1 saturated carbocycles. The summed E-state index contributed by atoms with van der Waals surface area (Å²) in [5, 5.41) is 11.1. The second-order valence-electron chi connectivity index (χ2n) is 11.5. The number of hydrogen-bond acceptors (Lipinski definition) is 5. The highest BCUT2D eigenvalue weighted by molar-refractivity contribution is 6.30. The molecule has 2 aromatic carbocycles. The SMILES string of the molecule is C=C(OC)c1ccc2c(c1)N(C[C@@H]1CC[C@H]1[C@H]1C[C@H](O)CCO1)C[C@@]1(CCCc3cc(Cl)ccc31)CO2. The van der Waals surface area contributed by atoms with Crippen molar-refractivity contribution in [3.63, 3.8) is 0 Å². The zero-order chi connectivity index (χ0) is 25.6. The highest BCUT2D eigenvalue weighted by Gasteiger charge is 2.45. The largest absolute Gasteiger partial charge is 0.497 e. The maximum atomic E-state index is 10.3. The zero-order valence-corrected chi connectivity index (χ0v) is 22.5. The number of rotatable bonds is 5. The fraction of sp³-hybridized carbons (Fsp3) is 0.548. The number of aliphatic hydroxyl groups is 1. The van der Waals surface area contributed by atoms with Gasteiger partial charge in [0.25, 0.3) is 0 Å². The summed E-state index contributed by atoms with van der Waals surface area (Å²) in [7, 11) is 1.67. The van der Waals surface area contributed by atoms with Crippen LogP contribution >= 0.6 is 11.6 Å². The zero-order valence-electron chi connectivity index (χ0n) is 21.8. The fourth-order valence-electron chi connectivity index (χ4n) is 7.11. The van der Waals surface area contributed by atoms with Crippen molar-refractivity contribution in [1.82, 2.24) is 0 Å². The lowest BCUT2D eigenvalue weighted by molar-refractivity contribution is -0.101. The number of ether oxygens (including phenoxy) is 3. The molecule has 2 aliphatic heterocycles. The van der Waals surface area contributed by atoms with Gasteiger partial charge in [-0.1, -0.05) is 24.2 Å². The summed E-state index contributed by atoms with van der Waals surface area (Å²) in [4.78, 5) is 2.56. The fourth-order valence-corrected chi connectivity index (χ4v) is 7.30. The van der Waals surface area contributed by atoms with Gasteiger partial charge in [0.15, 0.2) is 0 Å². The van der Waals surface area contributed by atoms with Gasteiger partial charge < -0.3 is 24.2 Å². The van der Waals surface area contributed by atoms with Crippen molar-refractivity contribution in [2.24, 2.45) is 11.8 Å². The van der Waals surface area contributed by atoms with E-state index in [9.17, 15) is 5.11 Å². The molecule has 1 saturated heterocycles. The van der Waals surface area contributed by atoms with Crippen LogP contribution < -0.4 is 9.64 Å². The van der Waals surface area contributed by atoms with Gasteiger partial charge in [-0.25, -0.2) is 0 Å². The molecule has 0 bridgehead atoms. The lowest BCUT2D eigenvalue weighted by Gasteiger charge is -2.47. The van der Waals surface area contributed by atoms with E-state index in [-0.39, 0.29) is 17.6 Å². The van der Waals surface area contributed by atoms with Crippen molar-refractivity contribution < 1.29 is 19.3 Å². The number of benzene rings is 2. The maximum Gasteiger partial charge on any atom is 0.142 e. The normalized spacial score (nSPS) is 30.9. The molecule has 37 heavy (non-hydrogen) atoms. The highest BCUT2D eigenvalue weighted by atomic mass is 35.5. The minimum atomic E-state index is -0.233. The van der Waals surface area contributed by atoms with Gasteiger partial charge >= 0.3 is 0 Å². The van der Waals surface area contributed by atoms with Crippen molar-refractivity contribution in [2.45, 2.75) is 62.6 Å². The first-order valence-corrected chi connectivity index (χ1v) is 14.2. The van der Waals surface area contributed by atoms with Crippen LogP contribution in [0, 0.1) is 11.8 Å². The molecule has 0 radical (unpaired) electrons. The Morgan fingerprint density at radius 2 is 2.11 bits per heavy atom. The third-order valence-corrected chi connectivity index (χ3v) is 9.54. The standard InChI is InChI=1S/C31H38ClNO4/c1-20(35-2)21-6-10-29-28(15-21)33(17-23-5-8-26(23)30-16-25(34)11-13-36-30)18-31(19-37-29)12-3-4-22-14-24(32)7-9-27(22)31/h6-7,9-10,14-15,23,25-26,30,34H,1,3-5,8,11-13,16-19H2,2H3/t23-,25+,26+,30+,31-/m0/s1. The monoisotopic (exact) mass is 523 g/mol. The molecule has 1 N–H and O–H groups in total. The minimum absolute atomic E-state index is 0.0909. The molecule has 4 aliphatic rings. The topological polar surface area (TPSA) is 51.2 Å². The maximum absolute atomic E-state index is 10.3. The number of anilines is 1. The number of methoxy groups -OCH3 is 1. The van der Waals surface area contributed by atoms with Crippen molar-refractivity contribution in [3.8, 4) is 5.75 Å². The first kappa shape index (κ1) is 25.1. The van der Waals surface area contributed by atoms with Crippen LogP contribution in [0.3, 0.4) is 0 Å². The van der Waals surface area contributed by atoms with E-state index in [1.807, 2.05) is 12.1 Å². The van der Waals surface area contributed by atoms with Crippen LogP contribution in [-0.2, 0) is 21.3 Å². The number of halogens is 1. The molecule has 0 unspecified atom stereocenters. The minimum Gasteiger partial charge on any atom is -0.497 e. The van der Waals surface area contributed by atoms with Gasteiger partial charge in [-0.05, 0) is 98.2 Å². The number of aryl methyl sites for hydroxylation is 1. The molecule has 198 valence electrons. The molecule has 6 heteroatoms. The quantitative estimate of drug-likeness (QED) is 0.487. The number of nitrogens with zero attached hydrogens (tertiary/aromatic N) is 1. The Bertz CT molecular complexity index is 1170. The molecule has 2 aromatic rings. The molecule has 2 fully saturated rings. The lowest BCUT2D eigenvalue weighted by atomic mass is 9.67. The van der Waals surface area contributed by atoms with Gasteiger partial charge in [-0.3, -0.25) is 0 Å². The van der Waals surface area contributed by atoms with E-state index in [4.69, 9.17) is 25.8 Å². The van der Waals surface area contributed by atoms with E-state index in [0.29, 0.717) is 30.8 Å². The van der Waals surface area contributed by atoms with Crippen molar-refractivity contribution >= 4 is 23.0 Å². The Balaban J connectivity index is 1.35. The lowest BCUT2D eigenvalue weighted by Crippen LogP contribution is -2.50. The van der Waals surface area contributed by atoms with Gasteiger partial charge in [-0.15, -0.1) is 0 Å².